The van der Waals surface area contributed by atoms with Gasteiger partial charge in [0.15, 0.2) is 6.17 Å². The SMILES string of the molecule is F[C](F)C(F)CCC(F)F. The second-order valence-electron chi connectivity index (χ2n) is 1.73. The predicted molar refractivity (Wildman–Crippen MR) is 25.6 cm³/mol. The Morgan fingerprint density at radius 1 is 1.00 bits per heavy atom. The van der Waals surface area contributed by atoms with E-state index in [2.05, 4.69) is 0 Å². The molecule has 1 unspecified atom stereocenters. The molecule has 0 heterocycles. The van der Waals surface area contributed by atoms with E-state index in [-0.39, 0.29) is 0 Å². The molecule has 0 aliphatic rings. The molecule has 1 radical (unpaired) electrons. The highest BCUT2D eigenvalue weighted by Gasteiger charge is 2.22. The van der Waals surface area contributed by atoms with E-state index in [1.165, 1.54) is 0 Å². The van der Waals surface area contributed by atoms with E-state index in [0.29, 0.717) is 0 Å². The van der Waals surface area contributed by atoms with Crippen molar-refractivity contribution in [3.63, 3.8) is 0 Å². The summed E-state index contributed by atoms with van der Waals surface area (Å²) in [7, 11) is 0. The van der Waals surface area contributed by atoms with Crippen molar-refractivity contribution in [2.75, 3.05) is 0 Å². The molecule has 0 fully saturated rings. The van der Waals surface area contributed by atoms with Gasteiger partial charge in [-0.15, -0.1) is 0 Å². The fraction of sp³-hybridized carbons (Fsp3) is 0.800. The van der Waals surface area contributed by atoms with Crippen LogP contribution in [-0.2, 0) is 0 Å². The summed E-state index contributed by atoms with van der Waals surface area (Å²) < 4.78 is 56.6. The first kappa shape index (κ1) is 9.65. The van der Waals surface area contributed by atoms with Crippen LogP contribution in [0.5, 0.6) is 0 Å². The van der Waals surface area contributed by atoms with Crippen molar-refractivity contribution in [2.45, 2.75) is 25.4 Å². The van der Waals surface area contributed by atoms with Gasteiger partial charge in [-0.2, -0.15) is 8.78 Å². The highest BCUT2D eigenvalue weighted by molar-refractivity contribution is 4.73. The second kappa shape index (κ2) is 4.46. The van der Waals surface area contributed by atoms with Crippen LogP contribution in [-0.4, -0.2) is 12.6 Å². The van der Waals surface area contributed by atoms with E-state index in [1.54, 1.807) is 0 Å². The molecule has 0 rings (SSSR count). The molecule has 0 saturated carbocycles. The molecule has 0 nitrogen and oxygen atoms in total. The minimum atomic E-state index is -2.71. The molecule has 0 saturated heterocycles. The lowest BCUT2D eigenvalue weighted by molar-refractivity contribution is 0.0984. The average Bonchev–Trinajstić information content (AvgIpc) is 1.82. The first-order valence-electron chi connectivity index (χ1n) is 2.64. The number of hydrogen-bond donors (Lipinski definition) is 0. The number of rotatable bonds is 4. The summed E-state index contributed by atoms with van der Waals surface area (Å²) >= 11 is 0. The molecule has 0 bridgehead atoms. The summed E-state index contributed by atoms with van der Waals surface area (Å²) in [4.78, 5) is 0. The van der Waals surface area contributed by atoms with Crippen LogP contribution in [0.15, 0.2) is 0 Å². The molecule has 0 aromatic rings. The first-order valence-corrected chi connectivity index (χ1v) is 2.64. The lowest BCUT2D eigenvalue weighted by atomic mass is 10.2. The molecular formula is C5H6F5. The van der Waals surface area contributed by atoms with E-state index >= 15 is 0 Å². The molecular weight excluding hydrogens is 155 g/mol. The Kier molecular flexibility index (Phi) is 4.31. The van der Waals surface area contributed by atoms with Crippen LogP contribution in [0.1, 0.15) is 12.8 Å². The lowest BCUT2D eigenvalue weighted by Gasteiger charge is -2.03. The van der Waals surface area contributed by atoms with Crippen molar-refractivity contribution < 1.29 is 22.0 Å². The summed E-state index contributed by atoms with van der Waals surface area (Å²) in [6.07, 6.45) is -9.26. The van der Waals surface area contributed by atoms with Crippen LogP contribution in [0.3, 0.4) is 0 Å². The maximum atomic E-state index is 11.8. The topological polar surface area (TPSA) is 0 Å². The van der Waals surface area contributed by atoms with Crippen LogP contribution >= 0.6 is 0 Å². The molecule has 10 heavy (non-hydrogen) atoms. The number of halogens is 5. The standard InChI is InChI=1S/C5H6F5/c6-3(5(9)10)1-2-4(7)8/h3-4H,1-2H2. The molecule has 0 aromatic carbocycles. The monoisotopic (exact) mass is 161 g/mol. The Balaban J connectivity index is 3.30. The van der Waals surface area contributed by atoms with Gasteiger partial charge < -0.3 is 0 Å². The summed E-state index contributed by atoms with van der Waals surface area (Å²) in [5.41, 5.74) is 0. The summed E-state index contributed by atoms with van der Waals surface area (Å²) in [6, 6.07) is 0. The van der Waals surface area contributed by atoms with Crippen LogP contribution < -0.4 is 0 Å². The van der Waals surface area contributed by atoms with Crippen molar-refractivity contribution >= 4 is 0 Å². The normalized spacial score (nSPS) is 14.7. The Morgan fingerprint density at radius 3 is 1.80 bits per heavy atom. The highest BCUT2D eigenvalue weighted by atomic mass is 19.3. The van der Waals surface area contributed by atoms with Crippen molar-refractivity contribution in [3.8, 4) is 0 Å². The van der Waals surface area contributed by atoms with Gasteiger partial charge in [0.2, 0.25) is 6.43 Å². The van der Waals surface area contributed by atoms with Crippen LogP contribution in [0.25, 0.3) is 0 Å². The maximum Gasteiger partial charge on any atom is 0.343 e. The van der Waals surface area contributed by atoms with Crippen LogP contribution in [0.4, 0.5) is 22.0 Å². The predicted octanol–water partition coefficient (Wildman–Crippen LogP) is 2.80. The van der Waals surface area contributed by atoms with Gasteiger partial charge in [-0.05, 0) is 6.42 Å². The van der Waals surface area contributed by atoms with E-state index in [9.17, 15) is 22.0 Å². The van der Waals surface area contributed by atoms with E-state index in [0.717, 1.165) is 0 Å². The third-order valence-corrected chi connectivity index (χ3v) is 0.875. The van der Waals surface area contributed by atoms with Crippen molar-refractivity contribution in [2.24, 2.45) is 0 Å². The zero-order valence-corrected chi connectivity index (χ0v) is 4.96. The fourth-order valence-corrected chi connectivity index (χ4v) is 0.381. The zero-order chi connectivity index (χ0) is 8.15. The maximum absolute atomic E-state index is 11.8. The van der Waals surface area contributed by atoms with E-state index in [4.69, 9.17) is 0 Å². The largest absolute Gasteiger partial charge is 0.343 e. The third-order valence-electron chi connectivity index (χ3n) is 0.875. The average molecular weight is 161 g/mol. The van der Waals surface area contributed by atoms with Gasteiger partial charge in [0, 0.05) is 6.42 Å². The van der Waals surface area contributed by atoms with Crippen molar-refractivity contribution in [1.29, 1.82) is 0 Å². The smallest absolute Gasteiger partial charge is 0.241 e. The Morgan fingerprint density at radius 2 is 1.50 bits per heavy atom. The van der Waals surface area contributed by atoms with Gasteiger partial charge in [0.05, 0.1) is 0 Å². The summed E-state index contributed by atoms with van der Waals surface area (Å²) in [5.74, 6) is 0. The molecule has 0 aliphatic heterocycles. The quantitative estimate of drug-likeness (QED) is 0.556. The Bertz CT molecular complexity index is 82.1. The number of alkyl halides is 3. The van der Waals surface area contributed by atoms with Gasteiger partial charge in [0.1, 0.15) is 0 Å². The van der Waals surface area contributed by atoms with Crippen LogP contribution in [0, 0.1) is 6.43 Å². The van der Waals surface area contributed by atoms with Gasteiger partial charge in [0.25, 0.3) is 0 Å². The zero-order valence-electron chi connectivity index (χ0n) is 4.96. The fourth-order valence-electron chi connectivity index (χ4n) is 0.381. The van der Waals surface area contributed by atoms with Crippen LogP contribution in [0.2, 0.25) is 0 Å². The van der Waals surface area contributed by atoms with E-state index in [1.807, 2.05) is 0 Å². The molecule has 1 atom stereocenters. The van der Waals surface area contributed by atoms with Crippen molar-refractivity contribution in [3.05, 3.63) is 6.43 Å². The van der Waals surface area contributed by atoms with Gasteiger partial charge >= 0.3 is 6.43 Å². The number of hydrogen-bond acceptors (Lipinski definition) is 0. The van der Waals surface area contributed by atoms with Gasteiger partial charge in [-0.1, -0.05) is 0 Å². The Hall–Kier alpha value is -0.350. The minimum absolute atomic E-state index is 0.806. The van der Waals surface area contributed by atoms with E-state index < -0.39 is 31.9 Å². The summed E-state index contributed by atoms with van der Waals surface area (Å²) in [6.45, 7) is 0. The third kappa shape index (κ3) is 4.52. The molecule has 61 valence electrons. The molecule has 0 N–H and O–H groups in total. The molecule has 0 aliphatic carbocycles. The minimum Gasteiger partial charge on any atom is -0.241 e. The molecule has 0 aromatic heterocycles. The van der Waals surface area contributed by atoms with Crippen molar-refractivity contribution in [1.82, 2.24) is 0 Å². The highest BCUT2D eigenvalue weighted by Crippen LogP contribution is 2.19. The summed E-state index contributed by atoms with van der Waals surface area (Å²) in [5, 5.41) is 0. The van der Waals surface area contributed by atoms with Gasteiger partial charge in [-0.3, -0.25) is 0 Å². The Labute approximate surface area is 55.0 Å². The lowest BCUT2D eigenvalue weighted by Crippen LogP contribution is -2.06. The molecule has 0 amide bonds. The molecule has 0 spiro atoms. The second-order valence-corrected chi connectivity index (χ2v) is 1.73. The van der Waals surface area contributed by atoms with Gasteiger partial charge in [-0.25, -0.2) is 13.2 Å². The molecule has 5 heteroatoms. The first-order chi connectivity index (χ1) is 4.54.